The van der Waals surface area contributed by atoms with E-state index in [0.29, 0.717) is 6.42 Å². The van der Waals surface area contributed by atoms with Gasteiger partial charge >= 0.3 is 5.76 Å². The van der Waals surface area contributed by atoms with Crippen molar-refractivity contribution in [2.45, 2.75) is 30.9 Å². The van der Waals surface area contributed by atoms with E-state index in [1.807, 2.05) is 0 Å². The summed E-state index contributed by atoms with van der Waals surface area (Å²) in [4.78, 5) is 11.1. The van der Waals surface area contributed by atoms with Crippen LogP contribution < -0.4 is 5.32 Å². The molecule has 19 heavy (non-hydrogen) atoms. The maximum Gasteiger partial charge on any atom is 0.341 e. The number of nitrogens with one attached hydrogen (secondary N) is 1. The zero-order valence-electron chi connectivity index (χ0n) is 10.6. The number of hydrogen-bond acceptors (Lipinski definition) is 3. The molecule has 0 heterocycles. The van der Waals surface area contributed by atoms with Gasteiger partial charge in [-0.2, -0.15) is 8.78 Å². The third kappa shape index (κ3) is 3.50. The van der Waals surface area contributed by atoms with Crippen LogP contribution in [0.25, 0.3) is 0 Å². The molecule has 1 aromatic carbocycles. The highest BCUT2D eigenvalue weighted by atomic mass is 32.2. The molecule has 0 aromatic heterocycles. The lowest BCUT2D eigenvalue weighted by Gasteiger charge is -2.13. The summed E-state index contributed by atoms with van der Waals surface area (Å²) < 4.78 is 48.0. The Morgan fingerprint density at radius 2 is 1.89 bits per heavy atom. The summed E-state index contributed by atoms with van der Waals surface area (Å²) >= 11 is 0. The second-order valence-electron chi connectivity index (χ2n) is 4.10. The number of sulfone groups is 1. The van der Waals surface area contributed by atoms with E-state index in [4.69, 9.17) is 0 Å². The van der Waals surface area contributed by atoms with Crippen LogP contribution in [0.3, 0.4) is 0 Å². The minimum absolute atomic E-state index is 0.117. The minimum atomic E-state index is -4.73. The Balaban J connectivity index is 3.14. The van der Waals surface area contributed by atoms with Gasteiger partial charge in [-0.15, -0.1) is 0 Å². The fourth-order valence-electron chi connectivity index (χ4n) is 1.36. The maximum atomic E-state index is 12.5. The third-order valence-corrected chi connectivity index (χ3v) is 4.18. The molecule has 0 saturated heterocycles. The van der Waals surface area contributed by atoms with E-state index in [2.05, 4.69) is 5.32 Å². The van der Waals surface area contributed by atoms with Gasteiger partial charge in [0, 0.05) is 5.92 Å². The summed E-state index contributed by atoms with van der Waals surface area (Å²) in [5, 5.41) is 2.37. The molecule has 1 rings (SSSR count). The van der Waals surface area contributed by atoms with Crippen molar-refractivity contribution in [2.24, 2.45) is 5.92 Å². The normalized spacial score (nSPS) is 13.3. The third-order valence-electron chi connectivity index (χ3n) is 2.75. The van der Waals surface area contributed by atoms with Crippen LogP contribution in [0.5, 0.6) is 0 Å². The molecule has 0 aliphatic carbocycles. The first kappa shape index (κ1) is 15.6. The van der Waals surface area contributed by atoms with Gasteiger partial charge in [0.05, 0.1) is 10.6 Å². The van der Waals surface area contributed by atoms with Gasteiger partial charge in [-0.25, -0.2) is 8.42 Å². The molecule has 4 nitrogen and oxygen atoms in total. The van der Waals surface area contributed by atoms with Crippen LogP contribution in [0.1, 0.15) is 20.3 Å². The van der Waals surface area contributed by atoms with Gasteiger partial charge in [0.15, 0.2) is 0 Å². The molecule has 106 valence electrons. The fourth-order valence-corrected chi connectivity index (χ4v) is 2.24. The highest BCUT2D eigenvalue weighted by Gasteiger charge is 2.29. The van der Waals surface area contributed by atoms with Crippen LogP contribution in [-0.2, 0) is 14.6 Å². The SMILES string of the molecule is CCC(C)C(=O)Nc1ccccc1S(=O)(=O)C(F)F. The highest BCUT2D eigenvalue weighted by Crippen LogP contribution is 2.26. The molecule has 1 unspecified atom stereocenters. The number of anilines is 1. The average Bonchev–Trinajstić information content (AvgIpc) is 2.37. The Bertz CT molecular complexity index is 558. The van der Waals surface area contributed by atoms with E-state index >= 15 is 0 Å². The molecule has 1 aromatic rings. The number of carbonyl (C=O) groups is 1. The number of benzene rings is 1. The van der Waals surface area contributed by atoms with Gasteiger partial charge in [0.25, 0.3) is 0 Å². The summed E-state index contributed by atoms with van der Waals surface area (Å²) in [5.41, 5.74) is -0.117. The van der Waals surface area contributed by atoms with Crippen molar-refractivity contribution in [3.8, 4) is 0 Å². The minimum Gasteiger partial charge on any atom is -0.325 e. The Morgan fingerprint density at radius 1 is 1.32 bits per heavy atom. The largest absolute Gasteiger partial charge is 0.341 e. The lowest BCUT2D eigenvalue weighted by atomic mass is 10.1. The molecule has 1 atom stereocenters. The van der Waals surface area contributed by atoms with Crippen molar-refractivity contribution >= 4 is 21.4 Å². The zero-order chi connectivity index (χ0) is 14.6. The van der Waals surface area contributed by atoms with E-state index in [1.54, 1.807) is 13.8 Å². The molecule has 0 radical (unpaired) electrons. The molecule has 0 spiro atoms. The monoisotopic (exact) mass is 291 g/mol. The van der Waals surface area contributed by atoms with E-state index in [9.17, 15) is 22.0 Å². The number of alkyl halides is 2. The lowest BCUT2D eigenvalue weighted by molar-refractivity contribution is -0.119. The van der Waals surface area contributed by atoms with Crippen LogP contribution in [0.2, 0.25) is 0 Å². The first-order chi connectivity index (χ1) is 8.80. The smallest absolute Gasteiger partial charge is 0.325 e. The van der Waals surface area contributed by atoms with Crippen molar-refractivity contribution in [3.05, 3.63) is 24.3 Å². The summed E-state index contributed by atoms with van der Waals surface area (Å²) in [6, 6.07) is 5.13. The fraction of sp³-hybridized carbons (Fsp3) is 0.417. The topological polar surface area (TPSA) is 63.2 Å². The molecule has 1 N–H and O–H groups in total. The van der Waals surface area contributed by atoms with Gasteiger partial charge in [-0.1, -0.05) is 26.0 Å². The average molecular weight is 291 g/mol. The van der Waals surface area contributed by atoms with Crippen LogP contribution in [0.15, 0.2) is 29.2 Å². The number of halogens is 2. The molecule has 0 aliphatic rings. The lowest BCUT2D eigenvalue weighted by Crippen LogP contribution is -2.22. The van der Waals surface area contributed by atoms with E-state index < -0.39 is 26.4 Å². The first-order valence-corrected chi connectivity index (χ1v) is 7.27. The van der Waals surface area contributed by atoms with E-state index in [0.717, 1.165) is 6.07 Å². The van der Waals surface area contributed by atoms with Gasteiger partial charge < -0.3 is 5.32 Å². The van der Waals surface area contributed by atoms with Gasteiger partial charge in [-0.3, -0.25) is 4.79 Å². The second kappa shape index (κ2) is 6.10. The van der Waals surface area contributed by atoms with Gasteiger partial charge in [0.2, 0.25) is 15.7 Å². The second-order valence-corrected chi connectivity index (χ2v) is 5.99. The molecule has 0 saturated carbocycles. The number of amides is 1. The first-order valence-electron chi connectivity index (χ1n) is 5.72. The number of para-hydroxylation sites is 1. The van der Waals surface area contributed by atoms with Crippen LogP contribution in [0, 0.1) is 5.92 Å². The number of hydrogen-bond donors (Lipinski definition) is 1. The molecular formula is C12H15F2NO3S. The highest BCUT2D eigenvalue weighted by molar-refractivity contribution is 7.91. The summed E-state index contributed by atoms with van der Waals surface area (Å²) in [6.45, 7) is 3.46. The van der Waals surface area contributed by atoms with Crippen LogP contribution in [0.4, 0.5) is 14.5 Å². The number of carbonyl (C=O) groups excluding carboxylic acids is 1. The Morgan fingerprint density at radius 3 is 2.42 bits per heavy atom. The summed E-state index contributed by atoms with van der Waals surface area (Å²) in [7, 11) is -4.73. The van der Waals surface area contributed by atoms with Crippen molar-refractivity contribution in [3.63, 3.8) is 0 Å². The summed E-state index contributed by atoms with van der Waals surface area (Å²) in [6.07, 6.45) is 0.565. The number of rotatable bonds is 5. The van der Waals surface area contributed by atoms with E-state index in [-0.39, 0.29) is 11.6 Å². The van der Waals surface area contributed by atoms with Gasteiger partial charge in [-0.05, 0) is 18.6 Å². The zero-order valence-corrected chi connectivity index (χ0v) is 11.4. The Kier molecular flexibility index (Phi) is 4.99. The quantitative estimate of drug-likeness (QED) is 0.907. The van der Waals surface area contributed by atoms with Crippen LogP contribution in [-0.4, -0.2) is 20.1 Å². The van der Waals surface area contributed by atoms with E-state index in [1.165, 1.54) is 18.2 Å². The molecular weight excluding hydrogens is 276 g/mol. The standard InChI is InChI=1S/C12H15F2NO3S/c1-3-8(2)11(16)15-9-6-4-5-7-10(9)19(17,18)12(13)14/h4-8,12H,3H2,1-2H3,(H,15,16). The molecule has 0 fully saturated rings. The van der Waals surface area contributed by atoms with Crippen LogP contribution >= 0.6 is 0 Å². The Labute approximate surface area is 110 Å². The molecule has 0 bridgehead atoms. The van der Waals surface area contributed by atoms with Crippen molar-refractivity contribution in [1.82, 2.24) is 0 Å². The predicted octanol–water partition coefficient (Wildman–Crippen LogP) is 2.67. The molecule has 0 aliphatic heterocycles. The van der Waals surface area contributed by atoms with Crippen molar-refractivity contribution < 1.29 is 22.0 Å². The predicted molar refractivity (Wildman–Crippen MR) is 67.7 cm³/mol. The summed E-state index contributed by atoms with van der Waals surface area (Å²) in [5.74, 6) is -4.25. The maximum absolute atomic E-state index is 12.5. The van der Waals surface area contributed by atoms with Gasteiger partial charge in [0.1, 0.15) is 0 Å². The molecule has 7 heteroatoms. The molecule has 1 amide bonds. The Hall–Kier alpha value is -1.50. The van der Waals surface area contributed by atoms with Crippen molar-refractivity contribution in [2.75, 3.05) is 5.32 Å². The van der Waals surface area contributed by atoms with Crippen molar-refractivity contribution in [1.29, 1.82) is 0 Å².